The molecule has 0 amide bonds. The van der Waals surface area contributed by atoms with Crippen LogP contribution in [0.15, 0.2) is 16.6 Å². The van der Waals surface area contributed by atoms with Crippen molar-refractivity contribution >= 4 is 15.0 Å². The van der Waals surface area contributed by atoms with E-state index in [1.165, 1.54) is 17.7 Å². The Bertz CT molecular complexity index is 216. The van der Waals surface area contributed by atoms with Crippen LogP contribution < -0.4 is 0 Å². The molecule has 1 aliphatic carbocycles. The van der Waals surface area contributed by atoms with Crippen LogP contribution >= 0.6 is 9.24 Å². The van der Waals surface area contributed by atoms with Crippen LogP contribution in [0.25, 0.3) is 0 Å². The van der Waals surface area contributed by atoms with Gasteiger partial charge in [0.05, 0.1) is 0 Å². The Morgan fingerprint density at radius 2 is 2.17 bits per heavy atom. The highest BCUT2D eigenvalue weighted by atomic mass is 31.0. The van der Waals surface area contributed by atoms with Gasteiger partial charge in [-0.25, -0.2) is 0 Å². The number of allylic oxidation sites excluding steroid dienone is 2. The van der Waals surface area contributed by atoms with E-state index in [9.17, 15) is 0 Å². The molecule has 1 nitrogen and oxygen atoms in total. The summed E-state index contributed by atoms with van der Waals surface area (Å²) < 4.78 is 0. The zero-order chi connectivity index (χ0) is 9.14. The molecule has 12 heavy (non-hydrogen) atoms. The first-order valence-electron chi connectivity index (χ1n) is 4.61. The van der Waals surface area contributed by atoms with Crippen LogP contribution in [0.4, 0.5) is 0 Å². The molecule has 0 saturated heterocycles. The van der Waals surface area contributed by atoms with Gasteiger partial charge in [0.2, 0.25) is 0 Å². The molecule has 2 heteroatoms. The molecular formula is C10H18NP. The van der Waals surface area contributed by atoms with E-state index in [4.69, 9.17) is 0 Å². The average Bonchev–Trinajstić information content (AvgIpc) is 2.29. The normalized spacial score (nSPS) is 30.9. The number of aliphatic imine (C=N–C) groups is 1. The van der Waals surface area contributed by atoms with E-state index in [0.29, 0.717) is 11.7 Å². The summed E-state index contributed by atoms with van der Waals surface area (Å²) in [5, 5.41) is 0. The van der Waals surface area contributed by atoms with Gasteiger partial charge in [0.15, 0.2) is 0 Å². The number of hydrogen-bond acceptors (Lipinski definition) is 1. The van der Waals surface area contributed by atoms with Crippen LogP contribution in [-0.2, 0) is 0 Å². The van der Waals surface area contributed by atoms with Crippen molar-refractivity contribution in [2.24, 2.45) is 4.99 Å². The van der Waals surface area contributed by atoms with Gasteiger partial charge >= 0.3 is 0 Å². The molecule has 1 fully saturated rings. The summed E-state index contributed by atoms with van der Waals surface area (Å²) >= 11 is 0. The van der Waals surface area contributed by atoms with Crippen LogP contribution in [0.5, 0.6) is 0 Å². The summed E-state index contributed by atoms with van der Waals surface area (Å²) in [6, 6.07) is 0.435. The lowest BCUT2D eigenvalue weighted by molar-refractivity contribution is 0.832. The van der Waals surface area contributed by atoms with Crippen molar-refractivity contribution in [2.75, 3.05) is 0 Å². The van der Waals surface area contributed by atoms with Crippen molar-refractivity contribution in [2.45, 2.75) is 45.3 Å². The molecular weight excluding hydrogens is 165 g/mol. The minimum absolute atomic E-state index is 0.435. The van der Waals surface area contributed by atoms with Crippen LogP contribution in [0, 0.1) is 0 Å². The fraction of sp³-hybridized carbons (Fsp3) is 0.700. The van der Waals surface area contributed by atoms with E-state index in [2.05, 4.69) is 41.1 Å². The lowest BCUT2D eigenvalue weighted by Gasteiger charge is -2.01. The maximum atomic E-state index is 4.61. The first-order chi connectivity index (χ1) is 5.63. The number of nitrogens with zero attached hydrogens (tertiary/aromatic N) is 1. The van der Waals surface area contributed by atoms with Gasteiger partial charge in [0.25, 0.3) is 0 Å². The van der Waals surface area contributed by atoms with Crippen molar-refractivity contribution in [3.05, 3.63) is 11.6 Å². The molecule has 0 bridgehead atoms. The Hall–Kier alpha value is -0.160. The minimum atomic E-state index is 0.435. The molecule has 68 valence electrons. The SMILES string of the molecule is C/C=C1/CC(P)CC1=NC(C)C. The standard InChI is InChI=1S/C10H18NP/c1-4-8-5-9(12)6-10(8)11-7(2)3/h4,7,9H,5-6,12H2,1-3H3/b8-4-,11-10?. The quantitative estimate of drug-likeness (QED) is 0.554. The van der Waals surface area contributed by atoms with Gasteiger partial charge in [0, 0.05) is 11.8 Å². The molecule has 1 aliphatic rings. The second-order valence-electron chi connectivity index (χ2n) is 3.65. The van der Waals surface area contributed by atoms with E-state index in [1.807, 2.05) is 0 Å². The topological polar surface area (TPSA) is 12.4 Å². The Morgan fingerprint density at radius 3 is 2.67 bits per heavy atom. The van der Waals surface area contributed by atoms with E-state index in [-0.39, 0.29) is 0 Å². The van der Waals surface area contributed by atoms with Gasteiger partial charge < -0.3 is 0 Å². The van der Waals surface area contributed by atoms with E-state index >= 15 is 0 Å². The van der Waals surface area contributed by atoms with Gasteiger partial charge in [-0.3, -0.25) is 4.99 Å². The molecule has 0 N–H and O–H groups in total. The fourth-order valence-corrected chi connectivity index (χ4v) is 2.06. The Labute approximate surface area is 77.6 Å². The first kappa shape index (κ1) is 9.92. The maximum absolute atomic E-state index is 4.61. The van der Waals surface area contributed by atoms with E-state index in [1.54, 1.807) is 0 Å². The number of rotatable bonds is 1. The zero-order valence-electron chi connectivity index (χ0n) is 8.17. The van der Waals surface area contributed by atoms with Gasteiger partial charge in [-0.2, -0.15) is 0 Å². The third-order valence-corrected chi connectivity index (χ3v) is 2.54. The average molecular weight is 183 g/mol. The van der Waals surface area contributed by atoms with Crippen molar-refractivity contribution in [1.82, 2.24) is 0 Å². The highest BCUT2D eigenvalue weighted by molar-refractivity contribution is 7.17. The Kier molecular flexibility index (Phi) is 3.46. The molecule has 0 heterocycles. The van der Waals surface area contributed by atoms with Crippen LogP contribution in [0.2, 0.25) is 0 Å². The van der Waals surface area contributed by atoms with E-state index < -0.39 is 0 Å². The van der Waals surface area contributed by atoms with E-state index in [0.717, 1.165) is 6.42 Å². The van der Waals surface area contributed by atoms with Gasteiger partial charge in [0.1, 0.15) is 0 Å². The molecule has 1 saturated carbocycles. The van der Waals surface area contributed by atoms with Gasteiger partial charge in [-0.05, 0) is 44.8 Å². The highest BCUT2D eigenvalue weighted by Crippen LogP contribution is 2.28. The predicted molar refractivity (Wildman–Crippen MR) is 59.1 cm³/mol. The monoisotopic (exact) mass is 183 g/mol. The van der Waals surface area contributed by atoms with Gasteiger partial charge in [-0.1, -0.05) is 6.08 Å². The maximum Gasteiger partial charge on any atom is 0.0446 e. The predicted octanol–water partition coefficient (Wildman–Crippen LogP) is 2.82. The summed E-state index contributed by atoms with van der Waals surface area (Å²) in [5.41, 5.74) is 3.49. The second-order valence-corrected chi connectivity index (χ2v) is 4.59. The summed E-state index contributed by atoms with van der Waals surface area (Å²) in [6.45, 7) is 6.38. The van der Waals surface area contributed by atoms with Crippen molar-refractivity contribution in [3.8, 4) is 0 Å². The fourth-order valence-electron chi connectivity index (χ4n) is 1.58. The third-order valence-electron chi connectivity index (χ3n) is 2.07. The van der Waals surface area contributed by atoms with Crippen molar-refractivity contribution in [1.29, 1.82) is 0 Å². The lowest BCUT2D eigenvalue weighted by atomic mass is 10.2. The third kappa shape index (κ3) is 2.42. The molecule has 0 aromatic rings. The Balaban J connectivity index is 2.77. The molecule has 0 aromatic carbocycles. The van der Waals surface area contributed by atoms with Gasteiger partial charge in [-0.15, -0.1) is 9.24 Å². The largest absolute Gasteiger partial charge is 0.287 e. The summed E-state index contributed by atoms with van der Waals surface area (Å²) in [5.74, 6) is 0. The smallest absolute Gasteiger partial charge is 0.0446 e. The molecule has 2 unspecified atom stereocenters. The Morgan fingerprint density at radius 1 is 1.50 bits per heavy atom. The zero-order valence-corrected chi connectivity index (χ0v) is 9.33. The first-order valence-corrected chi connectivity index (χ1v) is 5.28. The second kappa shape index (κ2) is 4.18. The molecule has 1 rings (SSSR count). The van der Waals surface area contributed by atoms with Crippen LogP contribution in [-0.4, -0.2) is 17.4 Å². The van der Waals surface area contributed by atoms with Crippen LogP contribution in [0.3, 0.4) is 0 Å². The summed E-state index contributed by atoms with van der Waals surface area (Å²) in [7, 11) is 2.89. The molecule has 0 aliphatic heterocycles. The van der Waals surface area contributed by atoms with Crippen molar-refractivity contribution < 1.29 is 0 Å². The minimum Gasteiger partial charge on any atom is -0.287 e. The lowest BCUT2D eigenvalue weighted by Crippen LogP contribution is -2.00. The van der Waals surface area contributed by atoms with Crippen LogP contribution in [0.1, 0.15) is 33.6 Å². The molecule has 2 atom stereocenters. The van der Waals surface area contributed by atoms with Crippen molar-refractivity contribution in [3.63, 3.8) is 0 Å². The summed E-state index contributed by atoms with van der Waals surface area (Å²) in [4.78, 5) is 4.61. The molecule has 0 radical (unpaired) electrons. The highest BCUT2D eigenvalue weighted by Gasteiger charge is 2.21. The summed E-state index contributed by atoms with van der Waals surface area (Å²) in [6.07, 6.45) is 4.53. The number of hydrogen-bond donors (Lipinski definition) is 0. The molecule has 0 spiro atoms. The molecule has 0 aromatic heterocycles.